The lowest BCUT2D eigenvalue weighted by Gasteiger charge is -1.97. The molecule has 0 unspecified atom stereocenters. The van der Waals surface area contributed by atoms with E-state index in [2.05, 4.69) is 15.9 Å². The average molecular weight is 292 g/mol. The SMILES string of the molecule is O=C(O)c1csc2c(Cl)c(Br)ccc12. The van der Waals surface area contributed by atoms with Gasteiger partial charge in [-0.2, -0.15) is 0 Å². The third-order valence-corrected chi connectivity index (χ3v) is 4.27. The third-order valence-electron chi connectivity index (χ3n) is 1.87. The first-order valence-electron chi connectivity index (χ1n) is 3.69. The summed E-state index contributed by atoms with van der Waals surface area (Å²) in [6.07, 6.45) is 0. The molecule has 14 heavy (non-hydrogen) atoms. The summed E-state index contributed by atoms with van der Waals surface area (Å²) in [7, 11) is 0. The minimum absolute atomic E-state index is 0.305. The Hall–Kier alpha value is -0.580. The summed E-state index contributed by atoms with van der Waals surface area (Å²) in [5.74, 6) is -0.922. The molecule has 0 spiro atoms. The molecule has 1 aromatic carbocycles. The number of aromatic carboxylic acids is 1. The van der Waals surface area contributed by atoms with Crippen molar-refractivity contribution in [1.29, 1.82) is 0 Å². The molecule has 5 heteroatoms. The Labute approximate surface area is 97.2 Å². The molecule has 1 N–H and O–H groups in total. The van der Waals surface area contributed by atoms with E-state index in [-0.39, 0.29) is 0 Å². The zero-order valence-electron chi connectivity index (χ0n) is 6.75. The minimum atomic E-state index is -0.922. The number of hydrogen-bond acceptors (Lipinski definition) is 2. The van der Waals surface area contributed by atoms with Crippen LogP contribution in [0.15, 0.2) is 22.0 Å². The molecule has 0 amide bonds. The van der Waals surface area contributed by atoms with Crippen molar-refractivity contribution in [3.8, 4) is 0 Å². The van der Waals surface area contributed by atoms with Gasteiger partial charge in [-0.15, -0.1) is 11.3 Å². The van der Waals surface area contributed by atoms with Crippen LogP contribution in [0.5, 0.6) is 0 Å². The second-order valence-electron chi connectivity index (χ2n) is 2.69. The number of hydrogen-bond donors (Lipinski definition) is 1. The van der Waals surface area contributed by atoms with Crippen molar-refractivity contribution in [1.82, 2.24) is 0 Å². The Morgan fingerprint density at radius 3 is 2.86 bits per heavy atom. The van der Waals surface area contributed by atoms with Crippen LogP contribution in [0.1, 0.15) is 10.4 Å². The Morgan fingerprint density at radius 2 is 2.21 bits per heavy atom. The lowest BCUT2D eigenvalue weighted by atomic mass is 10.2. The van der Waals surface area contributed by atoms with Gasteiger partial charge in [0.25, 0.3) is 0 Å². The summed E-state index contributed by atoms with van der Waals surface area (Å²) in [5.41, 5.74) is 0.305. The van der Waals surface area contributed by atoms with Gasteiger partial charge in [0.05, 0.1) is 15.3 Å². The van der Waals surface area contributed by atoms with E-state index in [0.29, 0.717) is 16.0 Å². The first-order chi connectivity index (χ1) is 6.61. The van der Waals surface area contributed by atoms with Gasteiger partial charge in [-0.05, 0) is 22.0 Å². The molecule has 0 bridgehead atoms. The molecular formula is C9H4BrClO2S. The van der Waals surface area contributed by atoms with Gasteiger partial charge in [-0.1, -0.05) is 17.7 Å². The van der Waals surface area contributed by atoms with Crippen LogP contribution in [0.3, 0.4) is 0 Å². The lowest BCUT2D eigenvalue weighted by Crippen LogP contribution is -1.93. The molecule has 2 nitrogen and oxygen atoms in total. The average Bonchev–Trinajstić information content (AvgIpc) is 2.55. The first kappa shape index (κ1) is 9.96. The highest BCUT2D eigenvalue weighted by Crippen LogP contribution is 2.36. The molecule has 0 atom stereocenters. The Balaban J connectivity index is 2.83. The second-order valence-corrected chi connectivity index (χ2v) is 4.80. The van der Waals surface area contributed by atoms with E-state index in [4.69, 9.17) is 16.7 Å². The van der Waals surface area contributed by atoms with Crippen molar-refractivity contribution in [2.45, 2.75) is 0 Å². The molecule has 0 aliphatic rings. The fourth-order valence-electron chi connectivity index (χ4n) is 1.21. The fourth-order valence-corrected chi connectivity index (χ4v) is 2.95. The number of carboxylic acid groups (broad SMARTS) is 1. The number of thiophene rings is 1. The number of carboxylic acids is 1. The van der Waals surface area contributed by atoms with Gasteiger partial charge in [-0.3, -0.25) is 0 Å². The van der Waals surface area contributed by atoms with Crippen LogP contribution >= 0.6 is 38.9 Å². The van der Waals surface area contributed by atoms with Crippen LogP contribution in [-0.2, 0) is 0 Å². The standard InChI is InChI=1S/C9H4BrClO2S/c10-6-2-1-4-5(9(12)13)3-14-8(4)7(6)11/h1-3H,(H,12,13). The molecule has 1 aromatic heterocycles. The van der Waals surface area contributed by atoms with Gasteiger partial charge >= 0.3 is 5.97 Å². The Kier molecular flexibility index (Phi) is 2.51. The highest BCUT2D eigenvalue weighted by Gasteiger charge is 2.13. The minimum Gasteiger partial charge on any atom is -0.478 e. The lowest BCUT2D eigenvalue weighted by molar-refractivity contribution is 0.0699. The van der Waals surface area contributed by atoms with Crippen LogP contribution in [0.25, 0.3) is 10.1 Å². The topological polar surface area (TPSA) is 37.3 Å². The Bertz CT molecular complexity index is 521. The van der Waals surface area contributed by atoms with Crippen molar-refractivity contribution in [3.05, 3.63) is 32.6 Å². The van der Waals surface area contributed by atoms with Crippen molar-refractivity contribution in [2.75, 3.05) is 0 Å². The summed E-state index contributed by atoms with van der Waals surface area (Å²) < 4.78 is 1.59. The van der Waals surface area contributed by atoms with Crippen LogP contribution in [-0.4, -0.2) is 11.1 Å². The second kappa shape index (κ2) is 3.53. The predicted octanol–water partition coefficient (Wildman–Crippen LogP) is 4.02. The van der Waals surface area contributed by atoms with E-state index in [1.807, 2.05) is 0 Å². The molecule has 72 valence electrons. The van der Waals surface area contributed by atoms with E-state index in [9.17, 15) is 4.79 Å². The molecular weight excluding hydrogens is 288 g/mol. The maximum atomic E-state index is 10.8. The number of rotatable bonds is 1. The van der Waals surface area contributed by atoms with Crippen LogP contribution in [0.2, 0.25) is 5.02 Å². The summed E-state index contributed by atoms with van der Waals surface area (Å²) in [6, 6.07) is 3.51. The summed E-state index contributed by atoms with van der Waals surface area (Å²) >= 11 is 10.6. The van der Waals surface area contributed by atoms with Crippen LogP contribution in [0, 0.1) is 0 Å². The largest absolute Gasteiger partial charge is 0.478 e. The summed E-state index contributed by atoms with van der Waals surface area (Å²) in [4.78, 5) is 10.8. The van der Waals surface area contributed by atoms with E-state index in [0.717, 1.165) is 9.17 Å². The number of carbonyl (C=O) groups is 1. The molecule has 0 saturated carbocycles. The zero-order chi connectivity index (χ0) is 10.3. The molecule has 0 saturated heterocycles. The number of halogens is 2. The molecule has 2 aromatic rings. The van der Waals surface area contributed by atoms with E-state index >= 15 is 0 Å². The van der Waals surface area contributed by atoms with Crippen molar-refractivity contribution in [3.63, 3.8) is 0 Å². The van der Waals surface area contributed by atoms with Gasteiger partial charge in [0.15, 0.2) is 0 Å². The molecule has 0 aliphatic heterocycles. The molecule has 0 fully saturated rings. The Morgan fingerprint density at radius 1 is 1.50 bits per heavy atom. The third kappa shape index (κ3) is 1.43. The molecule has 2 rings (SSSR count). The monoisotopic (exact) mass is 290 g/mol. The van der Waals surface area contributed by atoms with Crippen molar-refractivity contribution < 1.29 is 9.90 Å². The van der Waals surface area contributed by atoms with Crippen molar-refractivity contribution in [2.24, 2.45) is 0 Å². The van der Waals surface area contributed by atoms with E-state index in [1.54, 1.807) is 17.5 Å². The first-order valence-corrected chi connectivity index (χ1v) is 5.75. The van der Waals surface area contributed by atoms with Gasteiger partial charge < -0.3 is 5.11 Å². The van der Waals surface area contributed by atoms with Crippen molar-refractivity contribution >= 4 is 54.9 Å². The maximum absolute atomic E-state index is 10.8. The van der Waals surface area contributed by atoms with Crippen LogP contribution in [0.4, 0.5) is 0 Å². The summed E-state index contributed by atoms with van der Waals surface area (Å²) in [5, 5.41) is 11.7. The van der Waals surface area contributed by atoms with Gasteiger partial charge in [0.1, 0.15) is 0 Å². The smallest absolute Gasteiger partial charge is 0.337 e. The highest BCUT2D eigenvalue weighted by atomic mass is 79.9. The van der Waals surface area contributed by atoms with Gasteiger partial charge in [-0.25, -0.2) is 4.79 Å². The quantitative estimate of drug-likeness (QED) is 0.862. The normalized spacial score (nSPS) is 10.7. The van der Waals surface area contributed by atoms with Gasteiger partial charge in [0, 0.05) is 15.2 Å². The van der Waals surface area contributed by atoms with Crippen LogP contribution < -0.4 is 0 Å². The van der Waals surface area contributed by atoms with E-state index in [1.165, 1.54) is 11.3 Å². The molecule has 1 heterocycles. The molecule has 0 radical (unpaired) electrons. The number of benzene rings is 1. The summed E-state index contributed by atoms with van der Waals surface area (Å²) in [6.45, 7) is 0. The highest BCUT2D eigenvalue weighted by molar-refractivity contribution is 9.10. The van der Waals surface area contributed by atoms with Gasteiger partial charge in [0.2, 0.25) is 0 Å². The number of fused-ring (bicyclic) bond motifs is 1. The zero-order valence-corrected chi connectivity index (χ0v) is 9.91. The fraction of sp³-hybridized carbons (Fsp3) is 0. The van der Waals surface area contributed by atoms with E-state index < -0.39 is 5.97 Å². The predicted molar refractivity (Wildman–Crippen MR) is 61.5 cm³/mol. The maximum Gasteiger partial charge on any atom is 0.337 e. The molecule has 0 aliphatic carbocycles.